The van der Waals surface area contributed by atoms with Crippen LogP contribution in [-0.2, 0) is 0 Å². The summed E-state index contributed by atoms with van der Waals surface area (Å²) in [5.74, 6) is -0.452. The minimum Gasteiger partial charge on any atom is -0.451 e. The Labute approximate surface area is 176 Å². The number of carbonyl (C=O) groups is 2. The number of hydrogen-bond acceptors (Lipinski definition) is 5. The molecular formula is C23H15ClN2O4. The number of ether oxygens (including phenoxy) is 1. The van der Waals surface area contributed by atoms with Gasteiger partial charge < -0.3 is 9.15 Å². The fourth-order valence-electron chi connectivity index (χ4n) is 2.73. The van der Waals surface area contributed by atoms with Gasteiger partial charge in [0.15, 0.2) is 5.76 Å². The highest BCUT2D eigenvalue weighted by Gasteiger charge is 2.12. The predicted molar refractivity (Wildman–Crippen MR) is 114 cm³/mol. The quantitative estimate of drug-likeness (QED) is 0.212. The second-order valence-corrected chi connectivity index (χ2v) is 6.69. The Morgan fingerprint density at radius 1 is 0.967 bits per heavy atom. The molecule has 0 aliphatic heterocycles. The van der Waals surface area contributed by atoms with Crippen LogP contribution in [0, 0.1) is 0 Å². The van der Waals surface area contributed by atoms with Gasteiger partial charge in [-0.1, -0.05) is 41.9 Å². The lowest BCUT2D eigenvalue weighted by molar-refractivity contribution is 0.0734. The van der Waals surface area contributed by atoms with E-state index in [1.54, 1.807) is 60.7 Å². The van der Waals surface area contributed by atoms with Crippen molar-refractivity contribution in [1.29, 1.82) is 0 Å². The third-order valence-electron chi connectivity index (χ3n) is 4.21. The molecule has 4 aromatic rings. The molecule has 4 rings (SSSR count). The minimum absolute atomic E-state index is 0.176. The molecule has 0 aliphatic carbocycles. The van der Waals surface area contributed by atoms with Crippen molar-refractivity contribution < 1.29 is 18.7 Å². The molecule has 0 bridgehead atoms. The first kappa shape index (κ1) is 19.4. The van der Waals surface area contributed by atoms with Crippen LogP contribution in [0.2, 0.25) is 5.02 Å². The first-order valence-electron chi connectivity index (χ1n) is 8.99. The summed E-state index contributed by atoms with van der Waals surface area (Å²) in [5.41, 5.74) is 4.05. The maximum Gasteiger partial charge on any atom is 0.345 e. The average molecular weight is 419 g/mol. The summed E-state index contributed by atoms with van der Waals surface area (Å²) in [6, 6.07) is 22.3. The number of fused-ring (bicyclic) bond motifs is 1. The van der Waals surface area contributed by atoms with Crippen molar-refractivity contribution in [1.82, 2.24) is 5.43 Å². The number of amides is 1. The Hall–Kier alpha value is -3.90. The highest BCUT2D eigenvalue weighted by Crippen LogP contribution is 2.20. The molecule has 7 heteroatoms. The van der Waals surface area contributed by atoms with Gasteiger partial charge in [0.1, 0.15) is 11.3 Å². The molecular weight excluding hydrogens is 404 g/mol. The van der Waals surface area contributed by atoms with Crippen molar-refractivity contribution in [2.24, 2.45) is 5.10 Å². The van der Waals surface area contributed by atoms with Gasteiger partial charge in [-0.3, -0.25) is 4.79 Å². The molecule has 0 saturated heterocycles. The summed E-state index contributed by atoms with van der Waals surface area (Å²) in [6.45, 7) is 0. The van der Waals surface area contributed by atoms with E-state index in [-0.39, 0.29) is 11.3 Å². The van der Waals surface area contributed by atoms with E-state index >= 15 is 0 Å². The molecule has 0 radical (unpaired) electrons. The standard InChI is InChI=1S/C23H15ClN2O4/c24-19-7-3-2-6-18(19)23(28)29-17-11-9-15(10-12-17)14-25-26-22(27)21-13-16-5-1-4-8-20(16)30-21/h1-14H,(H,26,27). The Morgan fingerprint density at radius 2 is 1.70 bits per heavy atom. The largest absolute Gasteiger partial charge is 0.451 e. The maximum atomic E-state index is 12.2. The maximum absolute atomic E-state index is 12.2. The molecule has 0 aliphatic rings. The van der Waals surface area contributed by atoms with Gasteiger partial charge in [-0.2, -0.15) is 5.10 Å². The van der Waals surface area contributed by atoms with Crippen molar-refractivity contribution >= 4 is 40.7 Å². The summed E-state index contributed by atoms with van der Waals surface area (Å²) in [6.07, 6.45) is 1.47. The number of furan rings is 1. The summed E-state index contributed by atoms with van der Waals surface area (Å²) >= 11 is 6.00. The van der Waals surface area contributed by atoms with Crippen LogP contribution in [0.3, 0.4) is 0 Å². The monoisotopic (exact) mass is 418 g/mol. The van der Waals surface area contributed by atoms with E-state index in [0.29, 0.717) is 21.9 Å². The van der Waals surface area contributed by atoms with E-state index in [1.807, 2.05) is 18.2 Å². The van der Waals surface area contributed by atoms with Gasteiger partial charge in [0, 0.05) is 5.39 Å². The molecule has 0 fully saturated rings. The van der Waals surface area contributed by atoms with E-state index in [2.05, 4.69) is 10.5 Å². The van der Waals surface area contributed by atoms with Gasteiger partial charge in [0.25, 0.3) is 0 Å². The highest BCUT2D eigenvalue weighted by atomic mass is 35.5. The lowest BCUT2D eigenvalue weighted by atomic mass is 10.2. The Morgan fingerprint density at radius 3 is 2.47 bits per heavy atom. The fraction of sp³-hybridized carbons (Fsp3) is 0. The molecule has 148 valence electrons. The van der Waals surface area contributed by atoms with E-state index in [9.17, 15) is 9.59 Å². The van der Waals surface area contributed by atoms with E-state index in [1.165, 1.54) is 6.21 Å². The van der Waals surface area contributed by atoms with E-state index in [0.717, 1.165) is 5.39 Å². The lowest BCUT2D eigenvalue weighted by Crippen LogP contribution is -2.16. The number of carbonyl (C=O) groups excluding carboxylic acids is 2. The third kappa shape index (κ3) is 4.39. The van der Waals surface area contributed by atoms with Gasteiger partial charge in [0.2, 0.25) is 0 Å². The smallest absolute Gasteiger partial charge is 0.345 e. The Bertz CT molecular complexity index is 1210. The topological polar surface area (TPSA) is 80.9 Å². The number of hydrogen-bond donors (Lipinski definition) is 1. The zero-order valence-electron chi connectivity index (χ0n) is 15.5. The number of para-hydroxylation sites is 1. The molecule has 0 unspecified atom stereocenters. The van der Waals surface area contributed by atoms with Crippen LogP contribution in [0.1, 0.15) is 26.5 Å². The van der Waals surface area contributed by atoms with Crippen LogP contribution >= 0.6 is 11.6 Å². The Kier molecular flexibility index (Phi) is 5.59. The van der Waals surface area contributed by atoms with Crippen molar-refractivity contribution in [3.63, 3.8) is 0 Å². The van der Waals surface area contributed by atoms with Crippen LogP contribution in [-0.4, -0.2) is 18.1 Å². The van der Waals surface area contributed by atoms with Crippen molar-refractivity contribution in [3.05, 3.63) is 101 Å². The Balaban J connectivity index is 1.36. The van der Waals surface area contributed by atoms with Crippen LogP contribution in [0.5, 0.6) is 5.75 Å². The molecule has 1 aromatic heterocycles. The summed E-state index contributed by atoms with van der Waals surface area (Å²) < 4.78 is 10.8. The van der Waals surface area contributed by atoms with Gasteiger partial charge in [-0.15, -0.1) is 0 Å². The lowest BCUT2D eigenvalue weighted by Gasteiger charge is -2.05. The second kappa shape index (κ2) is 8.63. The molecule has 0 atom stereocenters. The number of esters is 1. The zero-order chi connectivity index (χ0) is 20.9. The van der Waals surface area contributed by atoms with Gasteiger partial charge in [0.05, 0.1) is 16.8 Å². The molecule has 3 aromatic carbocycles. The van der Waals surface area contributed by atoms with Crippen LogP contribution in [0.15, 0.2) is 88.4 Å². The molecule has 0 saturated carbocycles. The number of benzene rings is 3. The number of nitrogens with zero attached hydrogens (tertiary/aromatic N) is 1. The van der Waals surface area contributed by atoms with Gasteiger partial charge in [-0.25, -0.2) is 10.2 Å². The summed E-state index contributed by atoms with van der Waals surface area (Å²) in [4.78, 5) is 24.3. The molecule has 0 spiro atoms. The number of nitrogens with one attached hydrogen (secondary N) is 1. The van der Waals surface area contributed by atoms with Crippen molar-refractivity contribution in [2.45, 2.75) is 0 Å². The molecule has 30 heavy (non-hydrogen) atoms. The van der Waals surface area contributed by atoms with Crippen LogP contribution in [0.25, 0.3) is 11.0 Å². The SMILES string of the molecule is O=C(NN=Cc1ccc(OC(=O)c2ccccc2Cl)cc1)c1cc2ccccc2o1. The number of halogens is 1. The van der Waals surface area contributed by atoms with Crippen LogP contribution < -0.4 is 10.2 Å². The number of rotatable bonds is 5. The van der Waals surface area contributed by atoms with Crippen molar-refractivity contribution in [2.75, 3.05) is 0 Å². The number of hydrazone groups is 1. The van der Waals surface area contributed by atoms with Crippen LogP contribution in [0.4, 0.5) is 0 Å². The third-order valence-corrected chi connectivity index (χ3v) is 4.54. The summed E-state index contributed by atoms with van der Waals surface area (Å²) in [7, 11) is 0. The molecule has 6 nitrogen and oxygen atoms in total. The molecule has 1 N–H and O–H groups in total. The molecule has 1 heterocycles. The first-order valence-corrected chi connectivity index (χ1v) is 9.37. The fourth-order valence-corrected chi connectivity index (χ4v) is 2.94. The van der Waals surface area contributed by atoms with Crippen molar-refractivity contribution in [3.8, 4) is 5.75 Å². The second-order valence-electron chi connectivity index (χ2n) is 6.29. The summed E-state index contributed by atoms with van der Waals surface area (Å²) in [5, 5.41) is 5.09. The normalized spacial score (nSPS) is 11.0. The first-order chi connectivity index (χ1) is 14.6. The molecule has 1 amide bonds. The predicted octanol–water partition coefficient (Wildman–Crippen LogP) is 5.07. The van der Waals surface area contributed by atoms with Gasteiger partial charge >= 0.3 is 11.9 Å². The average Bonchev–Trinajstić information content (AvgIpc) is 3.20. The van der Waals surface area contributed by atoms with Gasteiger partial charge in [-0.05, 0) is 54.1 Å². The highest BCUT2D eigenvalue weighted by molar-refractivity contribution is 6.33. The van der Waals surface area contributed by atoms with E-state index < -0.39 is 11.9 Å². The zero-order valence-corrected chi connectivity index (χ0v) is 16.3. The van der Waals surface area contributed by atoms with E-state index in [4.69, 9.17) is 20.8 Å². The minimum atomic E-state index is -0.542.